The molecule has 1 fully saturated rings. The van der Waals surface area contributed by atoms with E-state index >= 15 is 0 Å². The second-order valence-electron chi connectivity index (χ2n) is 7.75. The lowest BCUT2D eigenvalue weighted by molar-refractivity contribution is -1.02. The molecule has 3 aromatic rings. The van der Waals surface area contributed by atoms with Gasteiger partial charge in [-0.1, -0.05) is 0 Å². The predicted octanol–water partition coefficient (Wildman–Crippen LogP) is -0.00676. The first kappa shape index (κ1) is 19.7. The summed E-state index contributed by atoms with van der Waals surface area (Å²) in [6.45, 7) is 9.67. The Labute approximate surface area is 171 Å². The van der Waals surface area contributed by atoms with Gasteiger partial charge in [0, 0.05) is 22.6 Å². The summed E-state index contributed by atoms with van der Waals surface area (Å²) >= 11 is 1.59. The van der Waals surface area contributed by atoms with Crippen LogP contribution in [-0.4, -0.2) is 41.1 Å². The topological polar surface area (TPSA) is 97.8 Å². The number of quaternary nitrogens is 2. The van der Waals surface area contributed by atoms with E-state index in [0.717, 1.165) is 71.3 Å². The molecule has 0 amide bonds. The van der Waals surface area contributed by atoms with E-state index < -0.39 is 0 Å². The SMILES string of the molecule is Cc1sc2nc(C[NH+]3CC[NH+](Cc4ccc([N+](=O)[O-])cc4)CC3)[nH]c(=O)c2c1C. The maximum atomic E-state index is 12.5. The molecule has 152 valence electrons. The van der Waals surface area contributed by atoms with E-state index in [1.807, 2.05) is 26.0 Å². The molecule has 0 atom stereocenters. The molecule has 1 aliphatic heterocycles. The fourth-order valence-electron chi connectivity index (χ4n) is 3.95. The average molecular weight is 416 g/mol. The highest BCUT2D eigenvalue weighted by Gasteiger charge is 2.24. The number of non-ortho nitro benzene ring substituents is 1. The molecule has 9 heteroatoms. The molecule has 3 N–H and O–H groups in total. The molecular formula is C20H25N5O3S+2. The highest BCUT2D eigenvalue weighted by molar-refractivity contribution is 7.18. The summed E-state index contributed by atoms with van der Waals surface area (Å²) in [5, 5.41) is 11.5. The Bertz CT molecular complexity index is 1100. The molecule has 29 heavy (non-hydrogen) atoms. The van der Waals surface area contributed by atoms with Crippen molar-refractivity contribution in [3.05, 3.63) is 66.6 Å². The van der Waals surface area contributed by atoms with Gasteiger partial charge in [-0.2, -0.15) is 0 Å². The number of rotatable bonds is 5. The third-order valence-corrected chi connectivity index (χ3v) is 6.87. The van der Waals surface area contributed by atoms with Gasteiger partial charge in [0.15, 0.2) is 5.82 Å². The highest BCUT2D eigenvalue weighted by Crippen LogP contribution is 2.25. The fraction of sp³-hybridized carbons (Fsp3) is 0.400. The number of hydrogen-bond acceptors (Lipinski definition) is 5. The number of aromatic nitrogens is 2. The lowest BCUT2D eigenvalue weighted by atomic mass is 10.2. The van der Waals surface area contributed by atoms with Gasteiger partial charge in [0.25, 0.3) is 11.2 Å². The summed E-state index contributed by atoms with van der Waals surface area (Å²) in [5.41, 5.74) is 2.25. The number of fused-ring (bicyclic) bond motifs is 1. The molecule has 4 rings (SSSR count). The second-order valence-corrected chi connectivity index (χ2v) is 8.96. The number of nitro groups is 1. The summed E-state index contributed by atoms with van der Waals surface area (Å²) in [6, 6.07) is 6.84. The van der Waals surface area contributed by atoms with E-state index in [1.54, 1.807) is 23.5 Å². The lowest BCUT2D eigenvalue weighted by Crippen LogP contribution is -3.27. The Balaban J connectivity index is 1.36. The minimum absolute atomic E-state index is 0.0336. The number of aromatic amines is 1. The number of aryl methyl sites for hydroxylation is 2. The van der Waals surface area contributed by atoms with Gasteiger partial charge in [0.2, 0.25) is 0 Å². The minimum Gasteiger partial charge on any atom is -0.322 e. The summed E-state index contributed by atoms with van der Waals surface area (Å²) in [6.07, 6.45) is 0. The van der Waals surface area contributed by atoms with E-state index in [4.69, 9.17) is 4.98 Å². The molecule has 0 bridgehead atoms. The zero-order valence-corrected chi connectivity index (χ0v) is 17.4. The van der Waals surface area contributed by atoms with Crippen LogP contribution in [0.3, 0.4) is 0 Å². The average Bonchev–Trinajstić information content (AvgIpc) is 2.98. The van der Waals surface area contributed by atoms with E-state index in [-0.39, 0.29) is 16.2 Å². The van der Waals surface area contributed by atoms with E-state index in [2.05, 4.69) is 4.98 Å². The van der Waals surface area contributed by atoms with Gasteiger partial charge < -0.3 is 14.8 Å². The van der Waals surface area contributed by atoms with Crippen LogP contribution < -0.4 is 15.4 Å². The quantitative estimate of drug-likeness (QED) is 0.403. The summed E-state index contributed by atoms with van der Waals surface area (Å²) in [4.78, 5) is 35.4. The maximum Gasteiger partial charge on any atom is 0.269 e. The van der Waals surface area contributed by atoms with Crippen molar-refractivity contribution in [2.45, 2.75) is 26.9 Å². The first-order chi connectivity index (χ1) is 13.9. The van der Waals surface area contributed by atoms with Crippen LogP contribution in [0, 0.1) is 24.0 Å². The standard InChI is InChI=1S/C20H23N5O3S/c1-13-14(2)29-20-18(13)19(26)21-17(22-20)12-24-9-7-23(8-10-24)11-15-3-5-16(6-4-15)25(27)28/h3-6H,7-12H2,1-2H3,(H,21,22,26)/p+2. The molecule has 1 aromatic carbocycles. The monoisotopic (exact) mass is 415 g/mol. The molecule has 3 heterocycles. The van der Waals surface area contributed by atoms with Crippen molar-refractivity contribution < 1.29 is 14.7 Å². The Kier molecular flexibility index (Phi) is 5.44. The van der Waals surface area contributed by atoms with Gasteiger partial charge in [-0.05, 0) is 31.5 Å². The number of nitrogens with one attached hydrogen (secondary N) is 3. The first-order valence-electron chi connectivity index (χ1n) is 9.80. The molecule has 1 saturated heterocycles. The molecule has 1 aliphatic rings. The number of thiophene rings is 1. The van der Waals surface area contributed by atoms with Crippen LogP contribution in [0.25, 0.3) is 10.2 Å². The van der Waals surface area contributed by atoms with Crippen LogP contribution in [-0.2, 0) is 13.1 Å². The maximum absolute atomic E-state index is 12.5. The Morgan fingerprint density at radius 2 is 1.72 bits per heavy atom. The van der Waals surface area contributed by atoms with Crippen molar-refractivity contribution in [1.82, 2.24) is 9.97 Å². The predicted molar refractivity (Wildman–Crippen MR) is 112 cm³/mol. The summed E-state index contributed by atoms with van der Waals surface area (Å²) < 4.78 is 0. The third-order valence-electron chi connectivity index (χ3n) is 5.77. The number of nitro benzene ring substituents is 1. The number of H-pyrrole nitrogens is 1. The Morgan fingerprint density at radius 1 is 1.10 bits per heavy atom. The van der Waals surface area contributed by atoms with Crippen LogP contribution in [0.4, 0.5) is 5.69 Å². The highest BCUT2D eigenvalue weighted by atomic mass is 32.1. The van der Waals surface area contributed by atoms with E-state index in [0.29, 0.717) is 0 Å². The largest absolute Gasteiger partial charge is 0.322 e. The molecule has 0 saturated carbocycles. The van der Waals surface area contributed by atoms with Crippen LogP contribution in [0.2, 0.25) is 0 Å². The fourth-order valence-corrected chi connectivity index (χ4v) is 5.00. The van der Waals surface area contributed by atoms with Gasteiger partial charge in [-0.3, -0.25) is 14.9 Å². The lowest BCUT2D eigenvalue weighted by Gasteiger charge is -2.29. The Hall–Kier alpha value is -2.62. The zero-order valence-electron chi connectivity index (χ0n) is 16.6. The van der Waals surface area contributed by atoms with Gasteiger partial charge in [-0.25, -0.2) is 4.98 Å². The smallest absolute Gasteiger partial charge is 0.269 e. The van der Waals surface area contributed by atoms with Crippen molar-refractivity contribution in [2.24, 2.45) is 0 Å². The van der Waals surface area contributed by atoms with Crippen LogP contribution in [0.15, 0.2) is 29.1 Å². The molecule has 0 unspecified atom stereocenters. The van der Waals surface area contributed by atoms with Crippen molar-refractivity contribution in [2.75, 3.05) is 26.2 Å². The number of piperazine rings is 1. The van der Waals surface area contributed by atoms with Crippen molar-refractivity contribution >= 4 is 27.2 Å². The molecular weight excluding hydrogens is 390 g/mol. The van der Waals surface area contributed by atoms with Crippen LogP contribution in [0.1, 0.15) is 21.8 Å². The normalized spacial score (nSPS) is 19.5. The molecule has 0 spiro atoms. The van der Waals surface area contributed by atoms with Crippen molar-refractivity contribution in [3.8, 4) is 0 Å². The van der Waals surface area contributed by atoms with Gasteiger partial charge in [-0.15, -0.1) is 11.3 Å². The number of hydrogen-bond donors (Lipinski definition) is 3. The molecule has 0 aliphatic carbocycles. The van der Waals surface area contributed by atoms with Gasteiger partial charge >= 0.3 is 0 Å². The Morgan fingerprint density at radius 3 is 2.34 bits per heavy atom. The molecule has 8 nitrogen and oxygen atoms in total. The van der Waals surface area contributed by atoms with Gasteiger partial charge in [0.1, 0.15) is 44.1 Å². The van der Waals surface area contributed by atoms with E-state index in [1.165, 1.54) is 9.80 Å². The number of benzene rings is 1. The van der Waals surface area contributed by atoms with Crippen molar-refractivity contribution in [1.29, 1.82) is 0 Å². The number of nitrogens with zero attached hydrogens (tertiary/aromatic N) is 2. The molecule has 0 radical (unpaired) electrons. The van der Waals surface area contributed by atoms with E-state index in [9.17, 15) is 14.9 Å². The zero-order chi connectivity index (χ0) is 20.5. The van der Waals surface area contributed by atoms with Crippen LogP contribution in [0.5, 0.6) is 0 Å². The third kappa shape index (κ3) is 4.21. The summed E-state index contributed by atoms with van der Waals surface area (Å²) in [7, 11) is 0. The minimum atomic E-state index is -0.368. The molecule has 2 aromatic heterocycles. The second kappa shape index (κ2) is 8.02. The first-order valence-corrected chi connectivity index (χ1v) is 10.6. The van der Waals surface area contributed by atoms with Crippen LogP contribution >= 0.6 is 11.3 Å². The summed E-state index contributed by atoms with van der Waals surface area (Å²) in [5.74, 6) is 0.762. The van der Waals surface area contributed by atoms with Crippen molar-refractivity contribution in [3.63, 3.8) is 0 Å². The van der Waals surface area contributed by atoms with Gasteiger partial charge in [0.05, 0.1) is 10.3 Å².